The summed E-state index contributed by atoms with van der Waals surface area (Å²) >= 11 is 0. The lowest BCUT2D eigenvalue weighted by atomic mass is 10.0. The van der Waals surface area contributed by atoms with Crippen molar-refractivity contribution in [2.45, 2.75) is 32.1 Å². The Hall–Kier alpha value is -1.35. The highest BCUT2D eigenvalue weighted by Gasteiger charge is 2.15. The number of esters is 1. The molecule has 1 fully saturated rings. The van der Waals surface area contributed by atoms with Crippen molar-refractivity contribution in [3.8, 4) is 0 Å². The van der Waals surface area contributed by atoms with Crippen LogP contribution in [-0.2, 0) is 16.0 Å². The van der Waals surface area contributed by atoms with Gasteiger partial charge in [-0.25, -0.2) is 0 Å². The molecule has 19 heavy (non-hydrogen) atoms. The quantitative estimate of drug-likeness (QED) is 0.605. The number of aryl methyl sites for hydroxylation is 1. The van der Waals surface area contributed by atoms with E-state index in [0.29, 0.717) is 18.9 Å². The second-order valence-electron chi connectivity index (χ2n) is 5.21. The van der Waals surface area contributed by atoms with Crippen LogP contribution in [0.3, 0.4) is 0 Å². The van der Waals surface area contributed by atoms with Crippen molar-refractivity contribution in [3.63, 3.8) is 0 Å². The van der Waals surface area contributed by atoms with Crippen molar-refractivity contribution in [2.75, 3.05) is 19.7 Å². The van der Waals surface area contributed by atoms with E-state index in [9.17, 15) is 4.79 Å². The van der Waals surface area contributed by atoms with E-state index >= 15 is 0 Å². The minimum atomic E-state index is -0.0417. The summed E-state index contributed by atoms with van der Waals surface area (Å²) in [4.78, 5) is 11.6. The van der Waals surface area contributed by atoms with Crippen molar-refractivity contribution < 1.29 is 9.53 Å². The molecule has 1 unspecified atom stereocenters. The molecule has 1 aromatic carbocycles. The Morgan fingerprint density at radius 3 is 2.89 bits per heavy atom. The first kappa shape index (κ1) is 14.1. The normalized spacial score (nSPS) is 18.4. The maximum atomic E-state index is 11.6. The lowest BCUT2D eigenvalue weighted by Crippen LogP contribution is -2.12. The Kier molecular flexibility index (Phi) is 5.89. The number of hydrogen-bond acceptors (Lipinski definition) is 3. The van der Waals surface area contributed by atoms with Crippen LogP contribution in [0.1, 0.15) is 31.2 Å². The molecule has 0 amide bonds. The lowest BCUT2D eigenvalue weighted by molar-refractivity contribution is -0.144. The van der Waals surface area contributed by atoms with Crippen LogP contribution in [0.2, 0.25) is 0 Å². The average molecular weight is 261 g/mol. The molecule has 0 aliphatic carbocycles. The fourth-order valence-electron chi connectivity index (χ4n) is 2.46. The van der Waals surface area contributed by atoms with Crippen LogP contribution in [0.4, 0.5) is 0 Å². The van der Waals surface area contributed by atoms with Gasteiger partial charge in [0, 0.05) is 6.42 Å². The molecule has 1 heterocycles. The van der Waals surface area contributed by atoms with E-state index in [4.69, 9.17) is 4.74 Å². The Labute approximate surface area is 115 Å². The minimum Gasteiger partial charge on any atom is -0.466 e. The number of hydrogen-bond donors (Lipinski definition) is 1. The van der Waals surface area contributed by atoms with Crippen LogP contribution < -0.4 is 5.32 Å². The van der Waals surface area contributed by atoms with Gasteiger partial charge in [-0.15, -0.1) is 0 Å². The smallest absolute Gasteiger partial charge is 0.305 e. The van der Waals surface area contributed by atoms with Gasteiger partial charge in [-0.05, 0) is 50.3 Å². The van der Waals surface area contributed by atoms with Gasteiger partial charge in [0.2, 0.25) is 0 Å². The molecule has 1 aromatic rings. The molecule has 1 saturated heterocycles. The number of ether oxygens (including phenoxy) is 1. The summed E-state index contributed by atoms with van der Waals surface area (Å²) in [5.41, 5.74) is 1.30. The van der Waals surface area contributed by atoms with E-state index in [1.807, 2.05) is 18.2 Å². The molecule has 1 aliphatic rings. The van der Waals surface area contributed by atoms with Gasteiger partial charge < -0.3 is 10.1 Å². The van der Waals surface area contributed by atoms with Gasteiger partial charge in [0.05, 0.1) is 6.61 Å². The molecule has 0 aromatic heterocycles. The topological polar surface area (TPSA) is 38.3 Å². The molecular weight excluding hydrogens is 238 g/mol. The third kappa shape index (κ3) is 5.43. The zero-order valence-corrected chi connectivity index (χ0v) is 11.4. The molecule has 3 heteroatoms. The molecule has 0 radical (unpaired) electrons. The third-order valence-electron chi connectivity index (χ3n) is 3.63. The maximum Gasteiger partial charge on any atom is 0.305 e. The van der Waals surface area contributed by atoms with Crippen molar-refractivity contribution in [1.29, 1.82) is 0 Å². The molecular formula is C16H23NO2. The number of carbonyl (C=O) groups is 1. The first-order valence-electron chi connectivity index (χ1n) is 7.25. The summed E-state index contributed by atoms with van der Waals surface area (Å²) in [6.07, 6.45) is 4.60. The van der Waals surface area contributed by atoms with Crippen LogP contribution in [-0.4, -0.2) is 25.7 Å². The molecule has 0 saturated carbocycles. The van der Waals surface area contributed by atoms with Crippen molar-refractivity contribution >= 4 is 5.97 Å². The average Bonchev–Trinajstić information content (AvgIpc) is 2.96. The zero-order chi connectivity index (χ0) is 13.3. The minimum absolute atomic E-state index is 0.0417. The Morgan fingerprint density at radius 1 is 1.32 bits per heavy atom. The highest BCUT2D eigenvalue weighted by molar-refractivity contribution is 5.69. The second-order valence-corrected chi connectivity index (χ2v) is 5.21. The van der Waals surface area contributed by atoms with Gasteiger partial charge in [-0.3, -0.25) is 4.79 Å². The van der Waals surface area contributed by atoms with Crippen molar-refractivity contribution in [1.82, 2.24) is 5.32 Å². The summed E-state index contributed by atoms with van der Waals surface area (Å²) in [5, 5.41) is 3.31. The van der Waals surface area contributed by atoms with Crippen molar-refractivity contribution in [2.24, 2.45) is 5.92 Å². The van der Waals surface area contributed by atoms with Gasteiger partial charge in [0.1, 0.15) is 0 Å². The van der Waals surface area contributed by atoms with E-state index in [1.54, 1.807) is 0 Å². The van der Waals surface area contributed by atoms with Gasteiger partial charge in [0.25, 0.3) is 0 Å². The fraction of sp³-hybridized carbons (Fsp3) is 0.562. The van der Waals surface area contributed by atoms with Gasteiger partial charge in [-0.1, -0.05) is 30.3 Å². The van der Waals surface area contributed by atoms with E-state index < -0.39 is 0 Å². The molecule has 1 N–H and O–H groups in total. The molecule has 1 atom stereocenters. The summed E-state index contributed by atoms with van der Waals surface area (Å²) in [6, 6.07) is 10.3. The predicted octanol–water partition coefficient (Wildman–Crippen LogP) is 2.55. The zero-order valence-electron chi connectivity index (χ0n) is 11.4. The first-order valence-corrected chi connectivity index (χ1v) is 7.25. The van der Waals surface area contributed by atoms with Gasteiger partial charge >= 0.3 is 5.97 Å². The van der Waals surface area contributed by atoms with E-state index in [2.05, 4.69) is 17.4 Å². The molecule has 0 spiro atoms. The second kappa shape index (κ2) is 7.95. The Balaban J connectivity index is 1.51. The molecule has 104 valence electrons. The third-order valence-corrected chi connectivity index (χ3v) is 3.63. The highest BCUT2D eigenvalue weighted by Crippen LogP contribution is 2.14. The Morgan fingerprint density at radius 2 is 2.16 bits per heavy atom. The number of nitrogens with one attached hydrogen (secondary N) is 1. The molecule has 3 nitrogen and oxygen atoms in total. The van der Waals surface area contributed by atoms with Crippen LogP contribution in [0.25, 0.3) is 0 Å². The largest absolute Gasteiger partial charge is 0.466 e. The highest BCUT2D eigenvalue weighted by atomic mass is 16.5. The van der Waals surface area contributed by atoms with Crippen LogP contribution in [0, 0.1) is 5.92 Å². The van der Waals surface area contributed by atoms with E-state index in [1.165, 1.54) is 12.0 Å². The first-order chi connectivity index (χ1) is 9.34. The summed E-state index contributed by atoms with van der Waals surface area (Å²) < 4.78 is 5.26. The molecule has 0 bridgehead atoms. The van der Waals surface area contributed by atoms with Crippen LogP contribution in [0.5, 0.6) is 0 Å². The maximum absolute atomic E-state index is 11.6. The Bertz CT molecular complexity index is 372. The van der Waals surface area contributed by atoms with E-state index in [-0.39, 0.29) is 5.97 Å². The predicted molar refractivity (Wildman–Crippen MR) is 75.9 cm³/mol. The molecule has 2 rings (SSSR count). The fourth-order valence-corrected chi connectivity index (χ4v) is 2.46. The standard InChI is InChI=1S/C16H23NO2/c18-16(9-8-15-10-11-17-13-15)19-12-4-7-14-5-2-1-3-6-14/h1-3,5-6,15,17H,4,7-13H2. The molecule has 1 aliphatic heterocycles. The van der Waals surface area contributed by atoms with Crippen LogP contribution >= 0.6 is 0 Å². The lowest BCUT2D eigenvalue weighted by Gasteiger charge is -2.08. The summed E-state index contributed by atoms with van der Waals surface area (Å²) in [7, 11) is 0. The number of rotatable bonds is 7. The summed E-state index contributed by atoms with van der Waals surface area (Å²) in [5.74, 6) is 0.622. The van der Waals surface area contributed by atoms with Crippen molar-refractivity contribution in [3.05, 3.63) is 35.9 Å². The number of benzene rings is 1. The monoisotopic (exact) mass is 261 g/mol. The summed E-state index contributed by atoms with van der Waals surface area (Å²) in [6.45, 7) is 2.69. The van der Waals surface area contributed by atoms with Gasteiger partial charge in [-0.2, -0.15) is 0 Å². The SMILES string of the molecule is O=C(CCC1CCNC1)OCCCc1ccccc1. The van der Waals surface area contributed by atoms with Gasteiger partial charge in [0.15, 0.2) is 0 Å². The van der Waals surface area contributed by atoms with E-state index in [0.717, 1.165) is 32.4 Å². The van der Waals surface area contributed by atoms with Crippen LogP contribution in [0.15, 0.2) is 30.3 Å². The number of carbonyl (C=O) groups excluding carboxylic acids is 1.